The molecule has 0 spiro atoms. The van der Waals surface area contributed by atoms with Crippen molar-refractivity contribution in [3.8, 4) is 11.8 Å². The van der Waals surface area contributed by atoms with Gasteiger partial charge in [-0.05, 0) is 68.0 Å². The summed E-state index contributed by atoms with van der Waals surface area (Å²) in [5.41, 5.74) is 21.0. The van der Waals surface area contributed by atoms with Gasteiger partial charge in [-0.2, -0.15) is 13.8 Å². The molecule has 0 N–H and O–H groups in total. The van der Waals surface area contributed by atoms with Gasteiger partial charge >= 0.3 is 20.4 Å². The average Bonchev–Trinajstić information content (AvgIpc) is 3.49. The molecule has 1 aliphatic rings. The minimum absolute atomic E-state index is 0. The van der Waals surface area contributed by atoms with Crippen molar-refractivity contribution in [3.63, 3.8) is 0 Å². The van der Waals surface area contributed by atoms with E-state index in [1.165, 1.54) is 123 Å². The molecule has 1 aliphatic heterocycles. The van der Waals surface area contributed by atoms with Crippen LogP contribution in [0.2, 0.25) is 18.1 Å². The Bertz CT molecular complexity index is 1380. The van der Waals surface area contributed by atoms with Gasteiger partial charge in [-0.3, -0.25) is 0 Å². The predicted molar refractivity (Wildman–Crippen MR) is 240 cm³/mol. The van der Waals surface area contributed by atoms with E-state index in [9.17, 15) is 5.53 Å². The zero-order chi connectivity index (χ0) is 39.3. The van der Waals surface area contributed by atoms with Crippen LogP contribution >= 0.6 is 0 Å². The van der Waals surface area contributed by atoms with Crippen LogP contribution < -0.4 is 0 Å². The maximum Gasteiger partial charge on any atom is 2.00 e. The van der Waals surface area contributed by atoms with E-state index in [1.54, 1.807) is 13.8 Å². The van der Waals surface area contributed by atoms with Gasteiger partial charge in [0.15, 0.2) is 0 Å². The van der Waals surface area contributed by atoms with Gasteiger partial charge in [-0.25, -0.2) is 4.70 Å². The van der Waals surface area contributed by atoms with Crippen molar-refractivity contribution in [1.82, 2.24) is 0 Å². The van der Waals surface area contributed by atoms with Crippen LogP contribution in [0.25, 0.3) is 16.9 Å². The van der Waals surface area contributed by atoms with Crippen molar-refractivity contribution in [2.75, 3.05) is 0 Å². The minimum Gasteiger partial charge on any atom is -0.493 e. The molecule has 0 fully saturated rings. The van der Waals surface area contributed by atoms with Crippen molar-refractivity contribution in [2.45, 2.75) is 195 Å². The first-order chi connectivity index (χ1) is 26.0. The van der Waals surface area contributed by atoms with E-state index in [0.29, 0.717) is 0 Å². The molecule has 0 saturated carbocycles. The van der Waals surface area contributed by atoms with Gasteiger partial charge < -0.3 is 19.4 Å². The molecule has 54 heavy (non-hydrogen) atoms. The van der Waals surface area contributed by atoms with Crippen molar-refractivity contribution in [2.24, 2.45) is 0 Å². The second-order valence-electron chi connectivity index (χ2n) is 14.8. The summed E-state index contributed by atoms with van der Waals surface area (Å²) in [6.45, 7) is 24.0. The molecule has 0 aromatic heterocycles. The van der Waals surface area contributed by atoms with E-state index >= 15 is 0 Å². The second-order valence-corrected chi connectivity index (χ2v) is 20.3. The molecular weight excluding hydrogens is 763 g/mol. The van der Waals surface area contributed by atoms with E-state index < -0.39 is 8.07 Å². The molecule has 0 radical (unpaired) electrons. The molecule has 0 atom stereocenters. The fraction of sp³-hybridized carbons (Fsp3) is 0.600. The summed E-state index contributed by atoms with van der Waals surface area (Å²) in [7, 11) is -1.27. The third-order valence-electron chi connectivity index (χ3n) is 11.2. The molecule has 3 rings (SSSR count). The number of allylic oxidation sites excluding steroid dienone is 2. The standard InChI is InChI=1S/C46H70N2Si.2C2H5.Pd/c1-7-13-16-17-18-19-20-21-22-23-24-25-26-29-44-43(28-15-9-3)45(42-36-32-40(33-37-42)38-49(10-4,11-5)12-6)48(47)46(44)41-34-30-39(31-35-41)27-14-8-2;2*1-2;/h30-37H,7-25,27-28,38H2,1-6H3;2*1H2,2H3;/q;2*-1;+2. The summed E-state index contributed by atoms with van der Waals surface area (Å²) in [6.07, 6.45) is 22.3. The van der Waals surface area contributed by atoms with Crippen LogP contribution in [0.5, 0.6) is 0 Å². The number of hydrogen-bond donors (Lipinski definition) is 0. The van der Waals surface area contributed by atoms with Crippen molar-refractivity contribution < 1.29 is 25.1 Å². The zero-order valence-corrected chi connectivity index (χ0v) is 38.9. The van der Waals surface area contributed by atoms with Crippen LogP contribution in [0, 0.1) is 25.7 Å². The normalized spacial score (nSPS) is 12.4. The fourth-order valence-electron chi connectivity index (χ4n) is 7.48. The Kier molecular flexibility index (Phi) is 30.9. The zero-order valence-electron chi connectivity index (χ0n) is 36.3. The van der Waals surface area contributed by atoms with Gasteiger partial charge in [-0.1, -0.05) is 178 Å². The van der Waals surface area contributed by atoms with Crippen LogP contribution in [-0.2, 0) is 32.9 Å². The Morgan fingerprint density at radius 1 is 0.537 bits per heavy atom. The maximum atomic E-state index is 12.0. The molecule has 2 aromatic rings. The first kappa shape index (κ1) is 52.0. The van der Waals surface area contributed by atoms with E-state index in [1.807, 2.05) is 0 Å². The van der Waals surface area contributed by atoms with Crippen molar-refractivity contribution >= 4 is 19.5 Å². The summed E-state index contributed by atoms with van der Waals surface area (Å²) in [6, 6.07) is 23.3. The number of rotatable bonds is 24. The Balaban J connectivity index is 0.00000543. The monoisotopic (exact) mass is 843 g/mol. The van der Waals surface area contributed by atoms with E-state index in [2.05, 4.69) is 116 Å². The van der Waals surface area contributed by atoms with Crippen LogP contribution in [0.15, 0.2) is 59.7 Å². The maximum absolute atomic E-state index is 12.0. The fourth-order valence-corrected chi connectivity index (χ4v) is 10.8. The number of nitrogens with zero attached hydrogens (tertiary/aromatic N) is 2. The minimum atomic E-state index is -1.27. The third-order valence-corrected chi connectivity index (χ3v) is 16.9. The molecule has 304 valence electrons. The summed E-state index contributed by atoms with van der Waals surface area (Å²) >= 11 is 0. The SMILES string of the molecule is CCCCCCCCCCCCCC#CC1=C(c2ccc(CCCC)cc2)[N+](=[N-])C(c2ccc(C[Si](CC)(CC)CC)cc2)=C1CCCC.[CH2-]C.[CH2-]C.[Pd+2]. The predicted octanol–water partition coefficient (Wildman–Crippen LogP) is 16.4. The van der Waals surface area contributed by atoms with Crippen LogP contribution in [0.3, 0.4) is 0 Å². The van der Waals surface area contributed by atoms with Gasteiger partial charge in [0.25, 0.3) is 0 Å². The molecular formula is C50H80N2PdSi. The molecule has 4 heteroatoms. The smallest absolute Gasteiger partial charge is 0.493 e. The van der Waals surface area contributed by atoms with E-state index in [4.69, 9.17) is 0 Å². The summed E-state index contributed by atoms with van der Waals surface area (Å²) < 4.78 is 1.48. The van der Waals surface area contributed by atoms with Crippen molar-refractivity contribution in [1.29, 1.82) is 0 Å². The first-order valence-corrected chi connectivity index (χ1v) is 24.9. The number of aryl methyl sites for hydroxylation is 1. The molecule has 0 aliphatic carbocycles. The number of unbranched alkanes of at least 4 members (excludes halogenated alkanes) is 13. The third kappa shape index (κ3) is 17.4. The number of benzene rings is 2. The van der Waals surface area contributed by atoms with Gasteiger partial charge in [0, 0.05) is 23.1 Å². The summed E-state index contributed by atoms with van der Waals surface area (Å²) in [5, 5.41) is 0. The van der Waals surface area contributed by atoms with Gasteiger partial charge in [0.05, 0.1) is 8.07 Å². The molecule has 1 heterocycles. The Morgan fingerprint density at radius 2 is 0.963 bits per heavy atom. The average molecular weight is 844 g/mol. The molecule has 0 saturated heterocycles. The van der Waals surface area contributed by atoms with Crippen LogP contribution in [-0.4, -0.2) is 12.8 Å². The van der Waals surface area contributed by atoms with Gasteiger partial charge in [0.1, 0.15) is 5.57 Å². The van der Waals surface area contributed by atoms with Crippen LogP contribution in [0.4, 0.5) is 0 Å². The van der Waals surface area contributed by atoms with E-state index in [-0.39, 0.29) is 20.4 Å². The molecule has 2 aromatic carbocycles. The summed E-state index contributed by atoms with van der Waals surface area (Å²) in [5.74, 6) is 7.22. The largest absolute Gasteiger partial charge is 2.00 e. The molecule has 2 nitrogen and oxygen atoms in total. The Hall–Kier alpha value is -2.04. The molecule has 0 bridgehead atoms. The Morgan fingerprint density at radius 3 is 1.44 bits per heavy atom. The van der Waals surface area contributed by atoms with Crippen LogP contribution in [0.1, 0.15) is 187 Å². The number of hydrogen-bond acceptors (Lipinski definition) is 0. The van der Waals surface area contributed by atoms with Gasteiger partial charge in [0.2, 0.25) is 11.4 Å². The second kappa shape index (κ2) is 32.1. The molecule has 0 unspecified atom stereocenters. The van der Waals surface area contributed by atoms with Crippen molar-refractivity contribution in [3.05, 3.63) is 101 Å². The molecule has 0 amide bonds. The summed E-state index contributed by atoms with van der Waals surface area (Å²) in [4.78, 5) is 0. The van der Waals surface area contributed by atoms with Gasteiger partial charge in [-0.15, -0.1) is 0 Å². The first-order valence-electron chi connectivity index (χ1n) is 22.0. The quantitative estimate of drug-likeness (QED) is 0.0331. The van der Waals surface area contributed by atoms with E-state index in [0.717, 1.165) is 66.6 Å². The topological polar surface area (TPSA) is 25.3 Å². The Labute approximate surface area is 351 Å².